The highest BCUT2D eigenvalue weighted by atomic mass is 35.5. The second kappa shape index (κ2) is 8.26. The molecule has 6 nitrogen and oxygen atoms in total. The lowest BCUT2D eigenvalue weighted by Gasteiger charge is -2.15. The molecule has 0 aliphatic carbocycles. The molecule has 0 radical (unpaired) electrons. The first-order chi connectivity index (χ1) is 16.0. The molecule has 5 aromatic rings. The number of fused-ring (bicyclic) bond motifs is 3. The molecule has 3 aromatic carbocycles. The quantitative estimate of drug-likeness (QED) is 0.360. The first kappa shape index (κ1) is 21.0. The maximum atomic E-state index is 13.8. The lowest BCUT2D eigenvalue weighted by atomic mass is 10.1. The second-order valence-corrected chi connectivity index (χ2v) is 7.91. The van der Waals surface area contributed by atoms with Crippen molar-refractivity contribution < 1.29 is 13.9 Å². The minimum Gasteiger partial charge on any atom is -0.493 e. The molecule has 33 heavy (non-hydrogen) atoms. The van der Waals surface area contributed by atoms with Gasteiger partial charge in [-0.3, -0.25) is 13.8 Å². The van der Waals surface area contributed by atoms with Crippen LogP contribution < -0.4 is 15.0 Å². The van der Waals surface area contributed by atoms with Crippen molar-refractivity contribution in [2.24, 2.45) is 0 Å². The van der Waals surface area contributed by atoms with Gasteiger partial charge >= 0.3 is 0 Å². The zero-order valence-electron chi connectivity index (χ0n) is 17.9. The molecular formula is C25H19ClFN3O3. The summed E-state index contributed by atoms with van der Waals surface area (Å²) < 4.78 is 27.6. The van der Waals surface area contributed by atoms with Gasteiger partial charge in [0.25, 0.3) is 5.56 Å². The topological polar surface area (TPSA) is 57.8 Å². The van der Waals surface area contributed by atoms with Crippen molar-refractivity contribution in [1.82, 2.24) is 14.0 Å². The number of nitrogens with zero attached hydrogens (tertiary/aromatic N) is 3. The summed E-state index contributed by atoms with van der Waals surface area (Å²) in [5.74, 6) is 0.808. The highest BCUT2D eigenvalue weighted by Crippen LogP contribution is 2.30. The SMILES string of the molecule is COc1ccc(Cn2c(=O)c3c(-c4ccc(F)cc4)ncn3c3cccc(Cl)c32)cc1OC. The maximum Gasteiger partial charge on any atom is 0.278 e. The van der Waals surface area contributed by atoms with Crippen LogP contribution in [0.5, 0.6) is 11.5 Å². The Balaban J connectivity index is 1.78. The summed E-state index contributed by atoms with van der Waals surface area (Å²) >= 11 is 6.57. The molecule has 166 valence electrons. The van der Waals surface area contributed by atoms with Crippen LogP contribution in [-0.2, 0) is 6.54 Å². The summed E-state index contributed by atoms with van der Waals surface area (Å²) in [4.78, 5) is 18.3. The normalized spacial score (nSPS) is 11.3. The van der Waals surface area contributed by atoms with E-state index in [0.717, 1.165) is 11.1 Å². The van der Waals surface area contributed by atoms with Crippen LogP contribution in [0.1, 0.15) is 5.56 Å². The number of rotatable bonds is 5. The zero-order valence-corrected chi connectivity index (χ0v) is 18.6. The predicted octanol–water partition coefficient (Wildman–Crippen LogP) is 5.17. The lowest BCUT2D eigenvalue weighted by molar-refractivity contribution is 0.354. The van der Waals surface area contributed by atoms with Gasteiger partial charge in [0.05, 0.1) is 36.8 Å². The molecule has 0 fully saturated rings. The van der Waals surface area contributed by atoms with Crippen LogP contribution in [0.4, 0.5) is 4.39 Å². The fraction of sp³-hybridized carbons (Fsp3) is 0.120. The van der Waals surface area contributed by atoms with Crippen molar-refractivity contribution in [3.05, 3.63) is 93.7 Å². The fourth-order valence-corrected chi connectivity index (χ4v) is 4.33. The van der Waals surface area contributed by atoms with Gasteiger partial charge in [0.15, 0.2) is 11.5 Å². The van der Waals surface area contributed by atoms with Gasteiger partial charge in [-0.2, -0.15) is 0 Å². The largest absolute Gasteiger partial charge is 0.493 e. The van der Waals surface area contributed by atoms with E-state index in [-0.39, 0.29) is 17.9 Å². The van der Waals surface area contributed by atoms with Crippen LogP contribution in [0, 0.1) is 5.82 Å². The monoisotopic (exact) mass is 463 g/mol. The average molecular weight is 464 g/mol. The Morgan fingerprint density at radius 1 is 0.970 bits per heavy atom. The van der Waals surface area contributed by atoms with Crippen molar-refractivity contribution in [3.8, 4) is 22.8 Å². The highest BCUT2D eigenvalue weighted by Gasteiger charge is 2.19. The molecule has 0 atom stereocenters. The zero-order chi connectivity index (χ0) is 23.1. The van der Waals surface area contributed by atoms with Crippen molar-refractivity contribution in [1.29, 1.82) is 0 Å². The molecule has 5 rings (SSSR count). The number of halogens is 2. The lowest BCUT2D eigenvalue weighted by Crippen LogP contribution is -2.24. The van der Waals surface area contributed by atoms with Gasteiger partial charge in [-0.1, -0.05) is 23.7 Å². The molecule has 0 saturated heterocycles. The van der Waals surface area contributed by atoms with Gasteiger partial charge in [-0.15, -0.1) is 0 Å². The van der Waals surface area contributed by atoms with E-state index < -0.39 is 0 Å². The van der Waals surface area contributed by atoms with Gasteiger partial charge in [0, 0.05) is 5.56 Å². The molecule has 2 aromatic heterocycles. The average Bonchev–Trinajstić information content (AvgIpc) is 3.28. The van der Waals surface area contributed by atoms with E-state index in [1.54, 1.807) is 53.8 Å². The molecule has 0 unspecified atom stereocenters. The van der Waals surface area contributed by atoms with Crippen LogP contribution in [0.15, 0.2) is 71.8 Å². The number of hydrogen-bond acceptors (Lipinski definition) is 4. The van der Waals surface area contributed by atoms with Crippen LogP contribution >= 0.6 is 11.6 Å². The van der Waals surface area contributed by atoms with Gasteiger partial charge in [0.1, 0.15) is 23.4 Å². The first-order valence-corrected chi connectivity index (χ1v) is 10.5. The van der Waals surface area contributed by atoms with E-state index in [0.29, 0.717) is 38.8 Å². The third-order valence-corrected chi connectivity index (χ3v) is 5.92. The van der Waals surface area contributed by atoms with E-state index >= 15 is 0 Å². The summed E-state index contributed by atoms with van der Waals surface area (Å²) in [6.07, 6.45) is 1.59. The number of imidazole rings is 1. The number of ether oxygens (including phenoxy) is 2. The number of benzene rings is 3. The standard InChI is InChI=1S/C25H19ClFN3O3/c1-32-20-11-6-15(12-21(20)33-2)13-29-23-18(26)4-3-5-19(23)30-14-28-22(24(30)25(29)31)16-7-9-17(27)10-8-16/h3-12,14H,13H2,1-2H3. The van der Waals surface area contributed by atoms with Crippen molar-refractivity contribution in [2.45, 2.75) is 6.54 Å². The van der Waals surface area contributed by atoms with E-state index in [9.17, 15) is 9.18 Å². The van der Waals surface area contributed by atoms with Crippen molar-refractivity contribution in [3.63, 3.8) is 0 Å². The molecule has 2 heterocycles. The van der Waals surface area contributed by atoms with Crippen molar-refractivity contribution in [2.75, 3.05) is 14.2 Å². The maximum absolute atomic E-state index is 13.8. The van der Waals surface area contributed by atoms with Gasteiger partial charge < -0.3 is 9.47 Å². The Labute approximate surface area is 193 Å². The molecule has 8 heteroatoms. The molecule has 0 bridgehead atoms. The Kier molecular flexibility index (Phi) is 5.26. The fourth-order valence-electron chi connectivity index (χ4n) is 4.06. The minimum absolute atomic E-state index is 0.254. The van der Waals surface area contributed by atoms with Crippen LogP contribution in [0.25, 0.3) is 27.8 Å². The molecular weight excluding hydrogens is 445 g/mol. The van der Waals surface area contributed by atoms with Crippen LogP contribution in [0.3, 0.4) is 0 Å². The summed E-state index contributed by atoms with van der Waals surface area (Å²) in [5.41, 5.74) is 3.41. The molecule has 0 amide bonds. The van der Waals surface area contributed by atoms with E-state index in [2.05, 4.69) is 4.98 Å². The number of hydrogen-bond donors (Lipinski definition) is 0. The van der Waals surface area contributed by atoms with Crippen molar-refractivity contribution >= 4 is 28.2 Å². The number of methoxy groups -OCH3 is 2. The van der Waals surface area contributed by atoms with Gasteiger partial charge in [-0.25, -0.2) is 9.37 Å². The molecule has 0 aliphatic rings. The molecule has 0 saturated carbocycles. The highest BCUT2D eigenvalue weighted by molar-refractivity contribution is 6.35. The number of aromatic nitrogens is 3. The molecule has 0 N–H and O–H groups in total. The Bertz CT molecular complexity index is 1560. The van der Waals surface area contributed by atoms with Crippen LogP contribution in [0.2, 0.25) is 5.02 Å². The third-order valence-electron chi connectivity index (χ3n) is 5.62. The third kappa shape index (κ3) is 3.50. The minimum atomic E-state index is -0.356. The van der Waals surface area contributed by atoms with Crippen LogP contribution in [-0.4, -0.2) is 28.2 Å². The Hall–Kier alpha value is -3.84. The summed E-state index contributed by atoms with van der Waals surface area (Å²) in [7, 11) is 3.13. The van der Waals surface area contributed by atoms with Gasteiger partial charge in [0.2, 0.25) is 0 Å². The second-order valence-electron chi connectivity index (χ2n) is 7.51. The molecule has 0 aliphatic heterocycles. The van der Waals surface area contributed by atoms with Gasteiger partial charge in [-0.05, 0) is 54.1 Å². The summed E-state index contributed by atoms with van der Waals surface area (Å²) in [6, 6.07) is 16.9. The smallest absolute Gasteiger partial charge is 0.278 e. The van der Waals surface area contributed by atoms with E-state index in [4.69, 9.17) is 21.1 Å². The first-order valence-electron chi connectivity index (χ1n) is 10.2. The van der Waals surface area contributed by atoms with E-state index in [1.807, 2.05) is 24.3 Å². The summed E-state index contributed by atoms with van der Waals surface area (Å²) in [6.45, 7) is 0.254. The Morgan fingerprint density at radius 2 is 1.73 bits per heavy atom. The predicted molar refractivity (Wildman–Crippen MR) is 126 cm³/mol. The number of para-hydroxylation sites is 1. The van der Waals surface area contributed by atoms with E-state index in [1.165, 1.54) is 12.1 Å². The molecule has 0 spiro atoms. The Morgan fingerprint density at radius 3 is 2.45 bits per heavy atom. The summed E-state index contributed by atoms with van der Waals surface area (Å²) in [5, 5.41) is 0.448.